The number of rotatable bonds is 4. The maximum atomic E-state index is 14.1. The summed E-state index contributed by atoms with van der Waals surface area (Å²) in [5.74, 6) is 0.656. The molecule has 2 N–H and O–H groups in total. The molecule has 0 bridgehead atoms. The molecule has 1 amide bonds. The Morgan fingerprint density at radius 2 is 1.55 bits per heavy atom. The third kappa shape index (κ3) is 3.74. The number of carbonyl (C=O) groups excluding carboxylic acids is 1. The molecule has 194 valence electrons. The monoisotopic (exact) mass is 530 g/mol. The SMILES string of the molecule is CC(C)(C)NS(=O)(=O)c1ccc(C2(O)C(=O)N(c3cccc4cc5c(cc34)OCO5)c3ccccc32)cc1. The lowest BCUT2D eigenvalue weighted by Crippen LogP contribution is -2.41. The lowest BCUT2D eigenvalue weighted by Gasteiger charge is -2.25. The van der Waals surface area contributed by atoms with E-state index in [9.17, 15) is 18.3 Å². The van der Waals surface area contributed by atoms with E-state index in [0.29, 0.717) is 28.4 Å². The lowest BCUT2D eigenvalue weighted by molar-refractivity contribution is -0.131. The fourth-order valence-electron chi connectivity index (χ4n) is 5.06. The molecule has 2 aliphatic rings. The molecule has 2 aliphatic heterocycles. The van der Waals surface area contributed by atoms with Gasteiger partial charge in [-0.1, -0.05) is 42.5 Å². The van der Waals surface area contributed by atoms with Gasteiger partial charge < -0.3 is 14.6 Å². The summed E-state index contributed by atoms with van der Waals surface area (Å²) in [5.41, 5.74) is -0.878. The molecule has 9 heteroatoms. The predicted molar refractivity (Wildman–Crippen MR) is 143 cm³/mol. The fourth-order valence-corrected chi connectivity index (χ4v) is 6.48. The summed E-state index contributed by atoms with van der Waals surface area (Å²) in [5, 5.41) is 13.6. The van der Waals surface area contributed by atoms with Gasteiger partial charge in [-0.2, -0.15) is 0 Å². The highest BCUT2D eigenvalue weighted by Crippen LogP contribution is 2.50. The van der Waals surface area contributed by atoms with Gasteiger partial charge in [-0.15, -0.1) is 0 Å². The van der Waals surface area contributed by atoms with Crippen LogP contribution in [0.25, 0.3) is 10.8 Å². The second kappa shape index (κ2) is 8.29. The molecule has 0 aromatic heterocycles. The van der Waals surface area contributed by atoms with E-state index in [1.165, 1.54) is 29.2 Å². The number of fused-ring (bicyclic) bond motifs is 3. The number of hydrogen-bond acceptors (Lipinski definition) is 6. The van der Waals surface area contributed by atoms with Crippen LogP contribution >= 0.6 is 0 Å². The number of ether oxygens (including phenoxy) is 2. The Hall–Kier alpha value is -3.92. The van der Waals surface area contributed by atoms with Crippen molar-refractivity contribution in [3.63, 3.8) is 0 Å². The Labute approximate surface area is 220 Å². The van der Waals surface area contributed by atoms with Gasteiger partial charge in [0.25, 0.3) is 5.91 Å². The zero-order valence-corrected chi connectivity index (χ0v) is 21.9. The van der Waals surface area contributed by atoms with Crippen molar-refractivity contribution in [1.82, 2.24) is 4.72 Å². The third-order valence-corrected chi connectivity index (χ3v) is 8.44. The summed E-state index contributed by atoms with van der Waals surface area (Å²) in [6, 6.07) is 22.1. The minimum Gasteiger partial charge on any atom is -0.454 e. The van der Waals surface area contributed by atoms with Crippen molar-refractivity contribution in [3.8, 4) is 11.5 Å². The van der Waals surface area contributed by atoms with Crippen LogP contribution in [0.1, 0.15) is 31.9 Å². The topological polar surface area (TPSA) is 105 Å². The zero-order valence-electron chi connectivity index (χ0n) is 21.1. The van der Waals surface area contributed by atoms with Crippen LogP contribution in [0.15, 0.2) is 83.8 Å². The number of para-hydroxylation sites is 1. The Bertz CT molecular complexity index is 1710. The molecule has 4 aromatic carbocycles. The molecule has 0 saturated carbocycles. The summed E-state index contributed by atoms with van der Waals surface area (Å²) in [4.78, 5) is 15.7. The summed E-state index contributed by atoms with van der Waals surface area (Å²) in [6.07, 6.45) is 0. The maximum Gasteiger partial charge on any atom is 0.273 e. The Kier molecular flexibility index (Phi) is 5.33. The normalized spacial score (nSPS) is 18.7. The van der Waals surface area contributed by atoms with E-state index in [1.54, 1.807) is 45.0 Å². The lowest BCUT2D eigenvalue weighted by atomic mass is 9.87. The molecule has 38 heavy (non-hydrogen) atoms. The highest BCUT2D eigenvalue weighted by Gasteiger charge is 2.52. The molecular formula is C29H26N2O6S. The van der Waals surface area contributed by atoms with Crippen LogP contribution in [0.4, 0.5) is 11.4 Å². The van der Waals surface area contributed by atoms with Crippen LogP contribution in [0.5, 0.6) is 11.5 Å². The van der Waals surface area contributed by atoms with E-state index >= 15 is 0 Å². The zero-order chi connectivity index (χ0) is 26.9. The highest BCUT2D eigenvalue weighted by molar-refractivity contribution is 7.89. The first-order valence-corrected chi connectivity index (χ1v) is 13.6. The van der Waals surface area contributed by atoms with Gasteiger partial charge in [0, 0.05) is 16.5 Å². The standard InChI is InChI=1S/C29H26N2O6S/c1-28(2,3)30-38(34,35)20-13-11-19(12-14-20)29(33)22-8-4-5-9-24(22)31(27(29)32)23-10-6-7-18-15-25-26(16-21(18)23)37-17-36-25/h4-16,30,33H,17H2,1-3H3. The number of nitrogens with zero attached hydrogens (tertiary/aromatic N) is 1. The first-order valence-electron chi connectivity index (χ1n) is 12.1. The van der Waals surface area contributed by atoms with Crippen molar-refractivity contribution < 1.29 is 27.8 Å². The fraction of sp³-hybridized carbons (Fsp3) is 0.207. The van der Waals surface area contributed by atoms with E-state index < -0.39 is 27.1 Å². The molecule has 2 heterocycles. The van der Waals surface area contributed by atoms with Crippen molar-refractivity contribution in [3.05, 3.63) is 90.0 Å². The molecule has 6 rings (SSSR count). The first kappa shape index (κ1) is 24.4. The smallest absolute Gasteiger partial charge is 0.273 e. The minimum atomic E-state index is -3.78. The molecule has 1 atom stereocenters. The molecule has 0 saturated heterocycles. The van der Waals surface area contributed by atoms with Crippen molar-refractivity contribution in [2.24, 2.45) is 0 Å². The van der Waals surface area contributed by atoms with Crippen LogP contribution in [-0.2, 0) is 20.4 Å². The predicted octanol–water partition coefficient (Wildman–Crippen LogP) is 4.56. The van der Waals surface area contributed by atoms with Gasteiger partial charge >= 0.3 is 0 Å². The van der Waals surface area contributed by atoms with Crippen molar-refractivity contribution >= 4 is 38.1 Å². The first-order chi connectivity index (χ1) is 18.0. The molecule has 4 aromatic rings. The number of benzene rings is 4. The van der Waals surface area contributed by atoms with Gasteiger partial charge in [-0.25, -0.2) is 13.1 Å². The average molecular weight is 531 g/mol. The Morgan fingerprint density at radius 3 is 2.26 bits per heavy atom. The molecule has 0 radical (unpaired) electrons. The number of sulfonamides is 1. The molecule has 1 unspecified atom stereocenters. The van der Waals surface area contributed by atoms with E-state index in [4.69, 9.17) is 9.47 Å². The van der Waals surface area contributed by atoms with Crippen LogP contribution < -0.4 is 19.1 Å². The van der Waals surface area contributed by atoms with E-state index in [2.05, 4.69) is 4.72 Å². The second-order valence-corrected chi connectivity index (χ2v) is 12.1. The van der Waals surface area contributed by atoms with Gasteiger partial charge in [0.2, 0.25) is 16.8 Å². The Morgan fingerprint density at radius 1 is 0.895 bits per heavy atom. The number of aliphatic hydroxyl groups is 1. The van der Waals surface area contributed by atoms with Gasteiger partial charge in [-0.05, 0) is 68.1 Å². The summed E-state index contributed by atoms with van der Waals surface area (Å²) in [7, 11) is -3.78. The molecule has 0 spiro atoms. The van der Waals surface area contributed by atoms with E-state index in [-0.39, 0.29) is 17.3 Å². The van der Waals surface area contributed by atoms with Crippen LogP contribution in [0.2, 0.25) is 0 Å². The Balaban J connectivity index is 1.46. The van der Waals surface area contributed by atoms with Gasteiger partial charge in [-0.3, -0.25) is 9.69 Å². The van der Waals surface area contributed by atoms with Crippen molar-refractivity contribution in [2.75, 3.05) is 11.7 Å². The second-order valence-electron chi connectivity index (χ2n) is 10.5. The van der Waals surface area contributed by atoms with Crippen LogP contribution in [0, 0.1) is 0 Å². The molecule has 0 aliphatic carbocycles. The number of nitrogens with one attached hydrogen (secondary N) is 1. The van der Waals surface area contributed by atoms with Crippen LogP contribution in [-0.4, -0.2) is 31.8 Å². The summed E-state index contributed by atoms with van der Waals surface area (Å²) >= 11 is 0. The van der Waals surface area contributed by atoms with Gasteiger partial charge in [0.1, 0.15) is 0 Å². The van der Waals surface area contributed by atoms with Gasteiger partial charge in [0.05, 0.1) is 16.3 Å². The number of hydrogen-bond donors (Lipinski definition) is 2. The van der Waals surface area contributed by atoms with Gasteiger partial charge in [0.15, 0.2) is 17.1 Å². The highest BCUT2D eigenvalue weighted by atomic mass is 32.2. The molecular weight excluding hydrogens is 504 g/mol. The molecule has 8 nitrogen and oxygen atoms in total. The quantitative estimate of drug-likeness (QED) is 0.401. The van der Waals surface area contributed by atoms with Crippen molar-refractivity contribution in [1.29, 1.82) is 0 Å². The third-order valence-electron chi connectivity index (χ3n) is 6.66. The van der Waals surface area contributed by atoms with E-state index in [1.807, 2.05) is 30.3 Å². The average Bonchev–Trinajstić information content (AvgIpc) is 3.42. The van der Waals surface area contributed by atoms with Crippen molar-refractivity contribution in [2.45, 2.75) is 36.8 Å². The van der Waals surface area contributed by atoms with E-state index in [0.717, 1.165) is 10.8 Å². The maximum absolute atomic E-state index is 14.1. The minimum absolute atomic E-state index is 0.0421. The number of amides is 1. The largest absolute Gasteiger partial charge is 0.454 e. The number of anilines is 2. The number of carbonyl (C=O) groups is 1. The summed E-state index contributed by atoms with van der Waals surface area (Å²) in [6.45, 7) is 5.39. The summed E-state index contributed by atoms with van der Waals surface area (Å²) < 4.78 is 39.3. The molecule has 0 fully saturated rings. The van der Waals surface area contributed by atoms with Crippen LogP contribution in [0.3, 0.4) is 0 Å².